The molecule has 2 aromatic rings. The summed E-state index contributed by atoms with van der Waals surface area (Å²) < 4.78 is 23.8. The summed E-state index contributed by atoms with van der Waals surface area (Å²) in [6.07, 6.45) is 0. The first kappa shape index (κ1) is 17.2. The van der Waals surface area contributed by atoms with Gasteiger partial charge in [0.05, 0.1) is 32.0 Å². The topological polar surface area (TPSA) is 59.6 Å². The lowest BCUT2D eigenvalue weighted by Gasteiger charge is -2.13. The van der Waals surface area contributed by atoms with E-state index in [1.165, 1.54) is 20.3 Å². The molecule has 0 aliphatic heterocycles. The monoisotopic (exact) mass is 328 g/mol. The molecule has 2 amide bonds. The molecule has 0 saturated carbocycles. The normalized spacial score (nSPS) is 9.46. The number of hydrogen-bond donors (Lipinski definition) is 2. The van der Waals surface area contributed by atoms with Crippen molar-refractivity contribution in [3.05, 3.63) is 53.8 Å². The average molecular weight is 328 g/mol. The van der Waals surface area contributed by atoms with Crippen molar-refractivity contribution in [2.24, 2.45) is 0 Å². The second-order valence-corrected chi connectivity index (χ2v) is 4.63. The molecule has 0 atom stereocenters. The number of para-hydroxylation sites is 1. The molecule has 2 rings (SSSR count). The molecule has 2 N–H and O–H groups in total. The molecule has 0 spiro atoms. The average Bonchev–Trinajstić information content (AvgIpc) is 2.59. The minimum absolute atomic E-state index is 0.0758. The highest BCUT2D eigenvalue weighted by molar-refractivity contribution is 5.91. The number of amides is 2. The molecule has 0 fully saturated rings. The van der Waals surface area contributed by atoms with E-state index in [9.17, 15) is 9.18 Å². The third kappa shape index (κ3) is 4.40. The first-order chi connectivity index (χ1) is 11.7. The molecule has 0 aromatic heterocycles. The Morgan fingerprint density at radius 3 is 2.62 bits per heavy atom. The van der Waals surface area contributed by atoms with E-state index in [4.69, 9.17) is 9.47 Å². The smallest absolute Gasteiger partial charge is 0.320 e. The molecule has 2 aromatic carbocycles. The van der Waals surface area contributed by atoms with E-state index in [0.717, 1.165) is 0 Å². The number of halogens is 1. The predicted octanol–water partition coefficient (Wildman–Crippen LogP) is 3.02. The van der Waals surface area contributed by atoms with Crippen LogP contribution in [0.2, 0.25) is 0 Å². The first-order valence-corrected chi connectivity index (χ1v) is 7.15. The van der Waals surface area contributed by atoms with Gasteiger partial charge in [0.2, 0.25) is 0 Å². The maximum absolute atomic E-state index is 13.4. The fourth-order valence-electron chi connectivity index (χ4n) is 1.98. The molecular weight excluding hydrogens is 311 g/mol. The van der Waals surface area contributed by atoms with Crippen LogP contribution in [0, 0.1) is 17.7 Å². The molecule has 0 aliphatic carbocycles. The van der Waals surface area contributed by atoms with Gasteiger partial charge in [-0.3, -0.25) is 0 Å². The third-order valence-electron chi connectivity index (χ3n) is 3.09. The minimum atomic E-state index is -0.454. The van der Waals surface area contributed by atoms with Gasteiger partial charge in [0.25, 0.3) is 0 Å². The number of rotatable bonds is 4. The summed E-state index contributed by atoms with van der Waals surface area (Å²) >= 11 is 0. The van der Waals surface area contributed by atoms with E-state index < -0.39 is 11.8 Å². The molecule has 0 aliphatic rings. The number of carbonyl (C=O) groups is 1. The summed E-state index contributed by atoms with van der Waals surface area (Å²) in [5, 5.41) is 5.22. The maximum Gasteiger partial charge on any atom is 0.320 e. The van der Waals surface area contributed by atoms with E-state index in [2.05, 4.69) is 22.5 Å². The lowest BCUT2D eigenvalue weighted by atomic mass is 10.2. The number of hydrogen-bond acceptors (Lipinski definition) is 3. The Hall–Kier alpha value is -3.20. The van der Waals surface area contributed by atoms with Crippen LogP contribution >= 0.6 is 0 Å². The van der Waals surface area contributed by atoms with Gasteiger partial charge in [-0.05, 0) is 24.3 Å². The molecular formula is C18H17FN2O3. The first-order valence-electron chi connectivity index (χ1n) is 7.15. The van der Waals surface area contributed by atoms with E-state index in [-0.39, 0.29) is 12.1 Å². The Bertz CT molecular complexity index is 781. The molecule has 124 valence electrons. The number of benzene rings is 2. The summed E-state index contributed by atoms with van der Waals surface area (Å²) in [6, 6.07) is 10.9. The van der Waals surface area contributed by atoms with Crippen molar-refractivity contribution in [3.8, 4) is 23.3 Å². The van der Waals surface area contributed by atoms with Gasteiger partial charge in [0, 0.05) is 0 Å². The molecule has 0 heterocycles. The fraction of sp³-hybridized carbons (Fsp3) is 0.167. The molecule has 0 radical (unpaired) electrons. The Kier molecular flexibility index (Phi) is 6.03. The van der Waals surface area contributed by atoms with Gasteiger partial charge in [-0.15, -0.1) is 0 Å². The molecule has 0 unspecified atom stereocenters. The van der Waals surface area contributed by atoms with Crippen molar-refractivity contribution in [1.82, 2.24) is 5.32 Å². The second-order valence-electron chi connectivity index (χ2n) is 4.63. The fourth-order valence-corrected chi connectivity index (χ4v) is 1.98. The number of methoxy groups -OCH3 is 2. The summed E-state index contributed by atoms with van der Waals surface area (Å²) in [4.78, 5) is 11.9. The van der Waals surface area contributed by atoms with Crippen molar-refractivity contribution >= 4 is 11.7 Å². The largest absolute Gasteiger partial charge is 0.493 e. The van der Waals surface area contributed by atoms with E-state index in [1.807, 2.05) is 0 Å². The highest BCUT2D eigenvalue weighted by Gasteiger charge is 2.11. The summed E-state index contributed by atoms with van der Waals surface area (Å²) in [5.74, 6) is 5.89. The van der Waals surface area contributed by atoms with Gasteiger partial charge in [-0.1, -0.05) is 30.0 Å². The highest BCUT2D eigenvalue weighted by atomic mass is 19.1. The number of ether oxygens (including phenoxy) is 2. The Morgan fingerprint density at radius 2 is 1.92 bits per heavy atom. The molecule has 6 heteroatoms. The molecule has 5 nitrogen and oxygen atoms in total. The van der Waals surface area contributed by atoms with Gasteiger partial charge in [-0.25, -0.2) is 9.18 Å². The Morgan fingerprint density at radius 1 is 1.12 bits per heavy atom. The standard InChI is InChI=1S/C18H17FN2O3/c1-23-16-11-5-10-15(17(16)24-2)21-18(22)20-12-6-8-13-7-3-4-9-14(13)19/h3-5,7,9-11H,12H2,1-2H3,(H2,20,21,22). The van der Waals surface area contributed by atoms with Crippen LogP contribution in [-0.2, 0) is 0 Å². The van der Waals surface area contributed by atoms with Crippen LogP contribution in [0.25, 0.3) is 0 Å². The van der Waals surface area contributed by atoms with Gasteiger partial charge in [0.15, 0.2) is 11.5 Å². The van der Waals surface area contributed by atoms with Crippen LogP contribution < -0.4 is 20.1 Å². The molecule has 0 saturated heterocycles. The van der Waals surface area contributed by atoms with Gasteiger partial charge in [-0.2, -0.15) is 0 Å². The lowest BCUT2D eigenvalue weighted by molar-refractivity contribution is 0.253. The zero-order valence-corrected chi connectivity index (χ0v) is 13.4. The van der Waals surface area contributed by atoms with Crippen molar-refractivity contribution in [2.75, 3.05) is 26.1 Å². The minimum Gasteiger partial charge on any atom is -0.493 e. The van der Waals surface area contributed by atoms with Crippen LogP contribution in [0.4, 0.5) is 14.9 Å². The number of nitrogens with one attached hydrogen (secondary N) is 2. The van der Waals surface area contributed by atoms with Gasteiger partial charge >= 0.3 is 6.03 Å². The van der Waals surface area contributed by atoms with E-state index in [0.29, 0.717) is 17.2 Å². The summed E-state index contributed by atoms with van der Waals surface area (Å²) in [7, 11) is 3.00. The maximum atomic E-state index is 13.4. The van der Waals surface area contributed by atoms with Gasteiger partial charge in [0.1, 0.15) is 5.82 Å². The van der Waals surface area contributed by atoms with Crippen LogP contribution in [-0.4, -0.2) is 26.8 Å². The zero-order chi connectivity index (χ0) is 17.4. The van der Waals surface area contributed by atoms with Crippen LogP contribution in [0.5, 0.6) is 11.5 Å². The SMILES string of the molecule is COc1cccc(NC(=O)NCC#Cc2ccccc2F)c1OC. The van der Waals surface area contributed by atoms with Crippen molar-refractivity contribution in [3.63, 3.8) is 0 Å². The third-order valence-corrected chi connectivity index (χ3v) is 3.09. The Balaban J connectivity index is 1.94. The number of anilines is 1. The predicted molar refractivity (Wildman–Crippen MR) is 89.8 cm³/mol. The highest BCUT2D eigenvalue weighted by Crippen LogP contribution is 2.34. The van der Waals surface area contributed by atoms with E-state index >= 15 is 0 Å². The van der Waals surface area contributed by atoms with Crippen LogP contribution in [0.15, 0.2) is 42.5 Å². The Labute approximate surface area is 139 Å². The lowest BCUT2D eigenvalue weighted by Crippen LogP contribution is -2.29. The molecule has 0 bridgehead atoms. The van der Waals surface area contributed by atoms with Gasteiger partial charge < -0.3 is 20.1 Å². The zero-order valence-electron chi connectivity index (χ0n) is 13.4. The van der Waals surface area contributed by atoms with Crippen molar-refractivity contribution in [1.29, 1.82) is 0 Å². The quantitative estimate of drug-likeness (QED) is 0.848. The summed E-state index contributed by atoms with van der Waals surface area (Å²) in [6.45, 7) is 0.0758. The van der Waals surface area contributed by atoms with Crippen LogP contribution in [0.1, 0.15) is 5.56 Å². The molecule has 24 heavy (non-hydrogen) atoms. The van der Waals surface area contributed by atoms with Crippen molar-refractivity contribution < 1.29 is 18.7 Å². The number of carbonyl (C=O) groups excluding carboxylic acids is 1. The summed E-state index contributed by atoms with van der Waals surface area (Å²) in [5.41, 5.74) is 0.755. The van der Waals surface area contributed by atoms with Crippen LogP contribution in [0.3, 0.4) is 0 Å². The van der Waals surface area contributed by atoms with Crippen molar-refractivity contribution in [2.45, 2.75) is 0 Å². The second kappa shape index (κ2) is 8.44. The van der Waals surface area contributed by atoms with E-state index in [1.54, 1.807) is 36.4 Å². The number of urea groups is 1.